The summed E-state index contributed by atoms with van der Waals surface area (Å²) in [7, 11) is 0. The Morgan fingerprint density at radius 2 is 1.93 bits per heavy atom. The maximum Gasteiger partial charge on any atom is 0.293 e. The van der Waals surface area contributed by atoms with E-state index in [1.165, 1.54) is 18.2 Å². The van der Waals surface area contributed by atoms with Gasteiger partial charge in [-0.25, -0.2) is 0 Å². The monoisotopic (exact) mass is 408 g/mol. The minimum Gasteiger partial charge on any atom is -0.395 e. The van der Waals surface area contributed by atoms with Crippen LogP contribution >= 0.6 is 0 Å². The Kier molecular flexibility index (Phi) is 8.75. The average molecular weight is 408 g/mol. The summed E-state index contributed by atoms with van der Waals surface area (Å²) in [6.07, 6.45) is -0.131. The quantitative estimate of drug-likeness (QED) is 0.207. The van der Waals surface area contributed by atoms with Crippen LogP contribution in [0.25, 0.3) is 0 Å². The molecule has 0 aromatic heterocycles. The maximum atomic E-state index is 11.1. The number of nitrogens with zero attached hydrogens (tertiary/aromatic N) is 3. The van der Waals surface area contributed by atoms with Crippen molar-refractivity contribution >= 4 is 11.4 Å². The van der Waals surface area contributed by atoms with E-state index in [1.807, 2.05) is 6.07 Å². The summed E-state index contributed by atoms with van der Waals surface area (Å²) in [4.78, 5) is 12.4. The van der Waals surface area contributed by atoms with Gasteiger partial charge in [-0.15, -0.1) is 0 Å². The summed E-state index contributed by atoms with van der Waals surface area (Å²) >= 11 is 0. The number of unbranched alkanes of at least 4 members (excludes halogenated alkanes) is 3. The van der Waals surface area contributed by atoms with E-state index < -0.39 is 29.3 Å². The summed E-state index contributed by atoms with van der Waals surface area (Å²) in [6.45, 7) is 1.05. The first-order valence-corrected chi connectivity index (χ1v) is 9.70. The van der Waals surface area contributed by atoms with Crippen LogP contribution in [0.5, 0.6) is 0 Å². The second-order valence-electron chi connectivity index (χ2n) is 7.24. The van der Waals surface area contributed by atoms with Gasteiger partial charge in [0.1, 0.15) is 17.9 Å². The Hall–Kier alpha value is -2.29. The van der Waals surface area contributed by atoms with Gasteiger partial charge in [0.25, 0.3) is 5.69 Å². The molecule has 5 N–H and O–H groups in total. The van der Waals surface area contributed by atoms with Crippen LogP contribution in [0.4, 0.5) is 11.4 Å². The number of rotatable bonds is 10. The van der Waals surface area contributed by atoms with Gasteiger partial charge >= 0.3 is 0 Å². The van der Waals surface area contributed by atoms with Gasteiger partial charge in [0.15, 0.2) is 0 Å². The van der Waals surface area contributed by atoms with Crippen LogP contribution in [0.3, 0.4) is 0 Å². The third-order valence-corrected chi connectivity index (χ3v) is 5.23. The van der Waals surface area contributed by atoms with Crippen LogP contribution in [0.2, 0.25) is 0 Å². The first-order chi connectivity index (χ1) is 13.9. The van der Waals surface area contributed by atoms with Crippen molar-refractivity contribution in [1.29, 1.82) is 5.26 Å². The summed E-state index contributed by atoms with van der Waals surface area (Å²) in [5.41, 5.74) is 0.502. The second-order valence-corrected chi connectivity index (χ2v) is 7.24. The van der Waals surface area contributed by atoms with Crippen molar-refractivity contribution in [2.75, 3.05) is 31.6 Å². The summed E-state index contributed by atoms with van der Waals surface area (Å²) < 4.78 is 0. The molecule has 0 spiro atoms. The van der Waals surface area contributed by atoms with Crippen molar-refractivity contribution in [2.45, 2.75) is 50.0 Å². The zero-order chi connectivity index (χ0) is 21.4. The van der Waals surface area contributed by atoms with E-state index in [9.17, 15) is 30.5 Å². The number of hydrogen-bond acceptors (Lipinski definition) is 9. The van der Waals surface area contributed by atoms with E-state index in [2.05, 4.69) is 5.32 Å². The van der Waals surface area contributed by atoms with Crippen molar-refractivity contribution in [1.82, 2.24) is 4.90 Å². The molecule has 1 aliphatic rings. The van der Waals surface area contributed by atoms with Gasteiger partial charge in [-0.1, -0.05) is 12.8 Å². The van der Waals surface area contributed by atoms with Crippen LogP contribution in [0.15, 0.2) is 18.2 Å². The van der Waals surface area contributed by atoms with Crippen molar-refractivity contribution in [3.63, 3.8) is 0 Å². The number of aliphatic hydroxyl groups excluding tert-OH is 4. The highest BCUT2D eigenvalue weighted by molar-refractivity contribution is 5.63. The molecule has 160 valence electrons. The lowest BCUT2D eigenvalue weighted by Crippen LogP contribution is -2.62. The third kappa shape index (κ3) is 6.09. The molecule has 0 unspecified atom stereocenters. The van der Waals surface area contributed by atoms with E-state index in [4.69, 9.17) is 5.26 Å². The minimum absolute atomic E-state index is 0.122. The van der Waals surface area contributed by atoms with Crippen molar-refractivity contribution in [3.05, 3.63) is 33.9 Å². The van der Waals surface area contributed by atoms with Gasteiger partial charge in [-0.05, 0) is 31.5 Å². The molecule has 0 saturated carbocycles. The Morgan fingerprint density at radius 3 is 2.59 bits per heavy atom. The number of nitrogens with one attached hydrogen (secondary N) is 1. The number of nitro benzene ring substituents is 1. The third-order valence-electron chi connectivity index (χ3n) is 5.23. The maximum absolute atomic E-state index is 11.1. The van der Waals surface area contributed by atoms with Gasteiger partial charge < -0.3 is 25.7 Å². The van der Waals surface area contributed by atoms with Crippen LogP contribution < -0.4 is 5.32 Å². The zero-order valence-electron chi connectivity index (χ0n) is 16.1. The molecule has 4 atom stereocenters. The van der Waals surface area contributed by atoms with Crippen molar-refractivity contribution in [3.8, 4) is 6.07 Å². The van der Waals surface area contributed by atoms with Crippen LogP contribution in [0.1, 0.15) is 31.2 Å². The molecule has 1 heterocycles. The normalized spacial score (nSPS) is 24.8. The average Bonchev–Trinajstić information content (AvgIpc) is 2.71. The molecule has 1 aromatic carbocycles. The molecule has 1 aliphatic heterocycles. The van der Waals surface area contributed by atoms with Crippen LogP contribution in [-0.2, 0) is 0 Å². The second kappa shape index (κ2) is 11.0. The molecule has 0 radical (unpaired) electrons. The number of nitro groups is 1. The highest BCUT2D eigenvalue weighted by Crippen LogP contribution is 2.25. The van der Waals surface area contributed by atoms with Gasteiger partial charge in [0.05, 0.1) is 35.3 Å². The first kappa shape index (κ1) is 23.0. The smallest absolute Gasteiger partial charge is 0.293 e. The lowest BCUT2D eigenvalue weighted by Gasteiger charge is -2.43. The zero-order valence-corrected chi connectivity index (χ0v) is 16.1. The molecule has 29 heavy (non-hydrogen) atoms. The van der Waals surface area contributed by atoms with Crippen LogP contribution in [-0.4, -0.2) is 80.8 Å². The van der Waals surface area contributed by atoms with Gasteiger partial charge in [0.2, 0.25) is 0 Å². The Balaban J connectivity index is 1.70. The molecule has 0 bridgehead atoms. The Bertz CT molecular complexity index is 725. The summed E-state index contributed by atoms with van der Waals surface area (Å²) in [5.74, 6) is 0. The number of anilines is 1. The topological polar surface area (TPSA) is 163 Å². The van der Waals surface area contributed by atoms with Crippen LogP contribution in [0, 0.1) is 21.4 Å². The van der Waals surface area contributed by atoms with Crippen molar-refractivity contribution in [2.24, 2.45) is 0 Å². The number of benzene rings is 1. The molecule has 2 rings (SSSR count). The fraction of sp³-hybridized carbons (Fsp3) is 0.632. The molecule has 10 heteroatoms. The number of aliphatic hydroxyl groups is 4. The summed E-state index contributed by atoms with van der Waals surface area (Å²) in [6, 6.07) is 5.61. The fourth-order valence-corrected chi connectivity index (χ4v) is 3.55. The van der Waals surface area contributed by atoms with E-state index >= 15 is 0 Å². The molecule has 0 aliphatic carbocycles. The van der Waals surface area contributed by atoms with Gasteiger partial charge in [-0.3, -0.25) is 15.0 Å². The van der Waals surface area contributed by atoms with E-state index in [0.717, 1.165) is 25.7 Å². The molecular weight excluding hydrogens is 380 g/mol. The van der Waals surface area contributed by atoms with Gasteiger partial charge in [0, 0.05) is 19.2 Å². The number of nitriles is 1. The van der Waals surface area contributed by atoms with E-state index in [-0.39, 0.29) is 24.4 Å². The van der Waals surface area contributed by atoms with E-state index in [0.29, 0.717) is 18.8 Å². The Labute approximate surface area is 169 Å². The van der Waals surface area contributed by atoms with Crippen molar-refractivity contribution < 1.29 is 25.3 Å². The molecule has 1 aromatic rings. The number of piperidine rings is 1. The molecule has 1 fully saturated rings. The summed E-state index contributed by atoms with van der Waals surface area (Å²) in [5, 5.41) is 61.9. The molecular formula is C19H28N4O6. The Morgan fingerprint density at radius 1 is 1.21 bits per heavy atom. The molecule has 10 nitrogen and oxygen atoms in total. The fourth-order valence-electron chi connectivity index (χ4n) is 3.55. The number of hydrogen-bond donors (Lipinski definition) is 5. The standard InChI is InChI=1S/C19H28N4O6/c20-10-13-5-6-14(15(9-13)23(28)29)21-7-3-1-2-4-8-22-11-17(25)19(27)18(26)16(22)12-24/h5-6,9,16-19,21,24-27H,1-4,7-8,11-12H2/t16-,17+,18-,19-/m1/s1. The largest absolute Gasteiger partial charge is 0.395 e. The number of β-amino-alcohol motifs (C(OH)–C–C–N with tert-alkyl or cyclic N) is 1. The SMILES string of the molecule is N#Cc1ccc(NCCCCCCN2C[C@H](O)[C@@H](O)[C@H](O)[C@H]2CO)c([N+](=O)[O-])c1. The highest BCUT2D eigenvalue weighted by Gasteiger charge is 2.40. The predicted octanol–water partition coefficient (Wildman–Crippen LogP) is 0.198. The lowest BCUT2D eigenvalue weighted by molar-refractivity contribution is -0.384. The highest BCUT2D eigenvalue weighted by atomic mass is 16.6. The van der Waals surface area contributed by atoms with Gasteiger partial charge in [-0.2, -0.15) is 5.26 Å². The first-order valence-electron chi connectivity index (χ1n) is 9.70. The minimum atomic E-state index is -1.25. The molecule has 1 saturated heterocycles. The lowest BCUT2D eigenvalue weighted by atomic mass is 9.94. The van der Waals surface area contributed by atoms with E-state index in [1.54, 1.807) is 4.90 Å². The number of likely N-dealkylation sites (tertiary alicyclic amines) is 1. The predicted molar refractivity (Wildman–Crippen MR) is 105 cm³/mol. The molecule has 0 amide bonds.